The molecule has 0 aliphatic heterocycles. The van der Waals surface area contributed by atoms with Crippen molar-refractivity contribution in [3.63, 3.8) is 0 Å². The maximum absolute atomic E-state index is 13.9. The maximum atomic E-state index is 13.9. The van der Waals surface area contributed by atoms with Crippen LogP contribution in [0, 0.1) is 18.8 Å². The molecule has 0 spiro atoms. The molecule has 0 heterocycles. The fourth-order valence-electron chi connectivity index (χ4n) is 4.39. The molecule has 0 bridgehead atoms. The number of sulfonamides is 1. The second-order valence-electron chi connectivity index (χ2n) is 10.0. The first-order valence-corrected chi connectivity index (χ1v) is 13.5. The lowest BCUT2D eigenvalue weighted by Gasteiger charge is -2.32. The van der Waals surface area contributed by atoms with Crippen molar-refractivity contribution in [1.29, 1.82) is 0 Å². The second-order valence-corrected chi connectivity index (χ2v) is 11.9. The zero-order valence-corrected chi connectivity index (χ0v) is 21.8. The highest BCUT2D eigenvalue weighted by Crippen LogP contribution is 2.31. The number of hydrogen-bond acceptors (Lipinski definition) is 4. The van der Waals surface area contributed by atoms with E-state index in [4.69, 9.17) is 0 Å². The zero-order valence-electron chi connectivity index (χ0n) is 21.0. The maximum Gasteiger partial charge on any atom is 0.264 e. The van der Waals surface area contributed by atoms with Gasteiger partial charge in [0, 0.05) is 25.0 Å². The minimum Gasteiger partial charge on any atom is -0.390 e. The Balaban J connectivity index is 2.00. The second kappa shape index (κ2) is 11.3. The molecule has 0 saturated carbocycles. The Labute approximate surface area is 205 Å². The number of fused-ring (bicyclic) bond motifs is 1. The van der Waals surface area contributed by atoms with Gasteiger partial charge in [0.1, 0.15) is 0 Å². The Bertz CT molecular complexity index is 1160. The number of aliphatic hydroxyl groups is 1. The molecule has 0 amide bonds. The van der Waals surface area contributed by atoms with Gasteiger partial charge in [0.05, 0.1) is 23.2 Å². The van der Waals surface area contributed by atoms with Crippen LogP contribution < -0.4 is 4.31 Å². The molecular formula is C28H38N2O3S. The number of rotatable bonds is 11. The van der Waals surface area contributed by atoms with Gasteiger partial charge in [-0.3, -0.25) is 4.31 Å². The molecule has 1 N–H and O–H groups in total. The quantitative estimate of drug-likeness (QED) is 0.402. The van der Waals surface area contributed by atoms with Crippen molar-refractivity contribution < 1.29 is 13.5 Å². The summed E-state index contributed by atoms with van der Waals surface area (Å²) in [4.78, 5) is 2.46. The first-order valence-electron chi connectivity index (χ1n) is 12.1. The SMILES string of the molecule is Cc1ccc(S(=O)(=O)N(CC(O)CN(CC(C)C)CC(C)C)c2cccc3ccccc23)cc1. The van der Waals surface area contributed by atoms with Crippen LogP contribution in [-0.2, 0) is 10.0 Å². The van der Waals surface area contributed by atoms with E-state index in [-0.39, 0.29) is 11.4 Å². The Morgan fingerprint density at radius 2 is 1.35 bits per heavy atom. The zero-order chi connectivity index (χ0) is 24.9. The van der Waals surface area contributed by atoms with Crippen LogP contribution in [0.15, 0.2) is 71.6 Å². The van der Waals surface area contributed by atoms with E-state index in [9.17, 15) is 13.5 Å². The van der Waals surface area contributed by atoms with E-state index in [0.29, 0.717) is 24.1 Å². The molecule has 0 aliphatic rings. The first-order chi connectivity index (χ1) is 16.1. The summed E-state index contributed by atoms with van der Waals surface area (Å²) in [6.07, 6.45) is -0.836. The summed E-state index contributed by atoms with van der Waals surface area (Å²) < 4.78 is 29.1. The number of aliphatic hydroxyl groups excluding tert-OH is 1. The van der Waals surface area contributed by atoms with Gasteiger partial charge in [0.15, 0.2) is 0 Å². The molecule has 1 unspecified atom stereocenters. The van der Waals surface area contributed by atoms with Gasteiger partial charge in [-0.25, -0.2) is 8.42 Å². The van der Waals surface area contributed by atoms with Crippen LogP contribution in [0.1, 0.15) is 33.3 Å². The van der Waals surface area contributed by atoms with Crippen molar-refractivity contribution in [2.45, 2.75) is 45.6 Å². The number of benzene rings is 3. The predicted octanol–water partition coefficient (Wildman–Crippen LogP) is 5.32. The van der Waals surface area contributed by atoms with Gasteiger partial charge in [-0.2, -0.15) is 0 Å². The molecule has 3 aromatic carbocycles. The van der Waals surface area contributed by atoms with Crippen LogP contribution in [0.3, 0.4) is 0 Å². The van der Waals surface area contributed by atoms with Gasteiger partial charge in [0.2, 0.25) is 0 Å². The Morgan fingerprint density at radius 1 is 0.765 bits per heavy atom. The third kappa shape index (κ3) is 6.59. The summed E-state index contributed by atoms with van der Waals surface area (Å²) in [6.45, 7) is 12.7. The minimum atomic E-state index is -3.88. The lowest BCUT2D eigenvalue weighted by molar-refractivity contribution is 0.104. The number of anilines is 1. The number of hydrogen-bond donors (Lipinski definition) is 1. The van der Waals surface area contributed by atoms with Crippen LogP contribution in [0.25, 0.3) is 10.8 Å². The lowest BCUT2D eigenvalue weighted by Crippen LogP contribution is -2.44. The summed E-state index contributed by atoms with van der Waals surface area (Å²) in [7, 11) is -3.88. The molecule has 0 radical (unpaired) electrons. The minimum absolute atomic E-state index is 0.0170. The van der Waals surface area contributed by atoms with E-state index in [2.05, 4.69) is 32.6 Å². The largest absolute Gasteiger partial charge is 0.390 e. The summed E-state index contributed by atoms with van der Waals surface area (Å²) in [5, 5.41) is 13.0. The van der Waals surface area contributed by atoms with Gasteiger partial charge in [0.25, 0.3) is 10.0 Å². The Morgan fingerprint density at radius 3 is 1.97 bits per heavy atom. The van der Waals surface area contributed by atoms with Crippen LogP contribution in [-0.4, -0.2) is 50.7 Å². The first kappa shape index (κ1) is 26.2. The van der Waals surface area contributed by atoms with E-state index in [1.165, 1.54) is 4.31 Å². The molecule has 3 rings (SSSR count). The third-order valence-corrected chi connectivity index (χ3v) is 7.53. The van der Waals surface area contributed by atoms with Crippen LogP contribution in [0.2, 0.25) is 0 Å². The molecule has 6 heteroatoms. The summed E-state index contributed by atoms with van der Waals surface area (Å²) in [5.41, 5.74) is 1.57. The summed E-state index contributed by atoms with van der Waals surface area (Å²) in [6, 6.07) is 20.3. The highest BCUT2D eigenvalue weighted by Gasteiger charge is 2.29. The van der Waals surface area contributed by atoms with Crippen molar-refractivity contribution in [2.75, 3.05) is 30.5 Å². The molecule has 0 aromatic heterocycles. The molecule has 5 nitrogen and oxygen atoms in total. The normalized spacial score (nSPS) is 13.2. The molecule has 0 fully saturated rings. The van der Waals surface area contributed by atoms with E-state index in [1.807, 2.05) is 49.4 Å². The van der Waals surface area contributed by atoms with E-state index < -0.39 is 16.1 Å². The van der Waals surface area contributed by atoms with Gasteiger partial charge < -0.3 is 10.0 Å². The van der Waals surface area contributed by atoms with Gasteiger partial charge in [-0.05, 0) is 42.3 Å². The highest BCUT2D eigenvalue weighted by atomic mass is 32.2. The van der Waals surface area contributed by atoms with Crippen molar-refractivity contribution in [1.82, 2.24) is 4.90 Å². The van der Waals surface area contributed by atoms with Crippen molar-refractivity contribution in [3.8, 4) is 0 Å². The van der Waals surface area contributed by atoms with Crippen LogP contribution in [0.5, 0.6) is 0 Å². The molecule has 3 aromatic rings. The Hall–Kier alpha value is -2.41. The molecule has 1 atom stereocenters. The number of aryl methyl sites for hydroxylation is 1. The van der Waals surface area contributed by atoms with Gasteiger partial charge >= 0.3 is 0 Å². The predicted molar refractivity (Wildman–Crippen MR) is 142 cm³/mol. The van der Waals surface area contributed by atoms with Crippen molar-refractivity contribution in [2.24, 2.45) is 11.8 Å². The molecule has 0 aliphatic carbocycles. The summed E-state index contributed by atoms with van der Waals surface area (Å²) in [5.74, 6) is 0.910. The average Bonchev–Trinajstić information content (AvgIpc) is 2.76. The Kier molecular flexibility index (Phi) is 8.74. The number of nitrogens with zero attached hydrogens (tertiary/aromatic N) is 2. The molecule has 34 heavy (non-hydrogen) atoms. The van der Waals surface area contributed by atoms with E-state index in [0.717, 1.165) is 29.4 Å². The van der Waals surface area contributed by atoms with Crippen molar-refractivity contribution >= 4 is 26.5 Å². The lowest BCUT2D eigenvalue weighted by atomic mass is 10.1. The molecule has 0 saturated heterocycles. The monoisotopic (exact) mass is 482 g/mol. The molecule has 184 valence electrons. The fourth-order valence-corrected chi connectivity index (χ4v) is 5.91. The topological polar surface area (TPSA) is 60.9 Å². The highest BCUT2D eigenvalue weighted by molar-refractivity contribution is 7.92. The summed E-state index contributed by atoms with van der Waals surface area (Å²) >= 11 is 0. The van der Waals surface area contributed by atoms with Gasteiger partial charge in [-0.15, -0.1) is 0 Å². The van der Waals surface area contributed by atoms with Gasteiger partial charge in [-0.1, -0.05) is 81.8 Å². The molecular weight excluding hydrogens is 444 g/mol. The standard InChI is InChI=1S/C28H38N2O3S/c1-21(2)17-29(18-22(3)4)19-25(31)20-30(34(32,33)26-15-13-23(5)14-16-26)28-12-8-10-24-9-6-7-11-27(24)28/h6-16,21-22,25,31H,17-20H2,1-5H3. The van der Waals surface area contributed by atoms with Crippen LogP contribution >= 0.6 is 0 Å². The fraction of sp³-hybridized carbons (Fsp3) is 0.429. The smallest absolute Gasteiger partial charge is 0.264 e. The van der Waals surface area contributed by atoms with Crippen molar-refractivity contribution in [3.05, 3.63) is 72.3 Å². The van der Waals surface area contributed by atoms with E-state index >= 15 is 0 Å². The third-order valence-electron chi connectivity index (χ3n) is 5.74. The van der Waals surface area contributed by atoms with Crippen LogP contribution in [0.4, 0.5) is 5.69 Å². The average molecular weight is 483 g/mol. The van der Waals surface area contributed by atoms with E-state index in [1.54, 1.807) is 24.3 Å².